The monoisotopic (exact) mass is 342 g/mol. The van der Waals surface area contributed by atoms with E-state index in [0.29, 0.717) is 5.56 Å². The van der Waals surface area contributed by atoms with Gasteiger partial charge in [-0.25, -0.2) is 4.39 Å². The molecule has 1 amide bonds. The van der Waals surface area contributed by atoms with Crippen molar-refractivity contribution in [3.8, 4) is 5.75 Å². The van der Waals surface area contributed by atoms with Crippen LogP contribution in [0.3, 0.4) is 0 Å². The third-order valence-electron chi connectivity index (χ3n) is 3.09. The Morgan fingerprint density at radius 2 is 1.79 bits per heavy atom. The SMILES string of the molecule is NCC(=O)Nc1ccc(OCc2ccc(C(F)(F)F)cc2)cc1F. The number of carbonyl (C=O) groups is 1. The summed E-state index contributed by atoms with van der Waals surface area (Å²) in [5.41, 5.74) is 4.84. The largest absolute Gasteiger partial charge is 0.489 e. The number of nitrogens with one attached hydrogen (secondary N) is 1. The zero-order valence-electron chi connectivity index (χ0n) is 12.4. The standard InChI is InChI=1S/C16H14F4N2O2/c17-13-7-12(5-6-14(13)22-15(23)8-21)24-9-10-1-3-11(4-2-10)16(18,19)20/h1-7H,8-9,21H2,(H,22,23). The van der Waals surface area contributed by atoms with Crippen molar-refractivity contribution in [1.29, 1.82) is 0 Å². The highest BCUT2D eigenvalue weighted by atomic mass is 19.4. The van der Waals surface area contributed by atoms with Gasteiger partial charge < -0.3 is 15.8 Å². The van der Waals surface area contributed by atoms with E-state index in [1.807, 2.05) is 0 Å². The highest BCUT2D eigenvalue weighted by molar-refractivity contribution is 5.92. The Bertz CT molecular complexity index is 715. The summed E-state index contributed by atoms with van der Waals surface area (Å²) in [5.74, 6) is -1.06. The van der Waals surface area contributed by atoms with Crippen LogP contribution >= 0.6 is 0 Å². The fraction of sp³-hybridized carbons (Fsp3) is 0.188. The second kappa shape index (κ2) is 7.31. The smallest absolute Gasteiger partial charge is 0.416 e. The normalized spacial score (nSPS) is 11.2. The van der Waals surface area contributed by atoms with Crippen LogP contribution in [-0.2, 0) is 17.6 Å². The molecule has 0 aliphatic heterocycles. The van der Waals surface area contributed by atoms with Crippen LogP contribution in [0, 0.1) is 5.82 Å². The van der Waals surface area contributed by atoms with E-state index in [9.17, 15) is 22.4 Å². The van der Waals surface area contributed by atoms with Crippen LogP contribution in [0.4, 0.5) is 23.2 Å². The summed E-state index contributed by atoms with van der Waals surface area (Å²) in [4.78, 5) is 11.1. The molecule has 0 spiro atoms. The second-order valence-corrected chi connectivity index (χ2v) is 4.88. The van der Waals surface area contributed by atoms with Gasteiger partial charge in [-0.1, -0.05) is 12.1 Å². The van der Waals surface area contributed by atoms with E-state index >= 15 is 0 Å². The van der Waals surface area contributed by atoms with Gasteiger partial charge in [-0.3, -0.25) is 4.79 Å². The minimum absolute atomic E-state index is 0.0217. The number of ether oxygens (including phenoxy) is 1. The van der Waals surface area contributed by atoms with Crippen molar-refractivity contribution in [2.24, 2.45) is 5.73 Å². The van der Waals surface area contributed by atoms with Gasteiger partial charge in [0.2, 0.25) is 5.91 Å². The molecule has 0 bridgehead atoms. The number of nitrogens with two attached hydrogens (primary N) is 1. The predicted octanol–water partition coefficient (Wildman–Crippen LogP) is 3.32. The van der Waals surface area contributed by atoms with Gasteiger partial charge in [-0.15, -0.1) is 0 Å². The minimum Gasteiger partial charge on any atom is -0.489 e. The van der Waals surface area contributed by atoms with Crippen molar-refractivity contribution in [3.63, 3.8) is 0 Å². The predicted molar refractivity (Wildman–Crippen MR) is 79.9 cm³/mol. The van der Waals surface area contributed by atoms with Crippen LogP contribution in [0.5, 0.6) is 5.75 Å². The summed E-state index contributed by atoms with van der Waals surface area (Å²) in [6.07, 6.45) is -4.40. The maximum Gasteiger partial charge on any atom is 0.416 e. The molecule has 0 heterocycles. The molecule has 3 N–H and O–H groups in total. The quantitative estimate of drug-likeness (QED) is 0.820. The average Bonchev–Trinajstić information content (AvgIpc) is 2.54. The number of halogens is 4. The van der Waals surface area contributed by atoms with Gasteiger partial charge in [-0.05, 0) is 29.8 Å². The summed E-state index contributed by atoms with van der Waals surface area (Å²) in [7, 11) is 0. The van der Waals surface area contributed by atoms with E-state index < -0.39 is 23.5 Å². The number of hydrogen-bond donors (Lipinski definition) is 2. The molecule has 0 saturated heterocycles. The highest BCUT2D eigenvalue weighted by Gasteiger charge is 2.29. The van der Waals surface area contributed by atoms with Crippen LogP contribution in [0.25, 0.3) is 0 Å². The van der Waals surface area contributed by atoms with Gasteiger partial charge in [0.25, 0.3) is 0 Å². The average molecular weight is 342 g/mol. The molecule has 0 aliphatic carbocycles. The molecule has 0 atom stereocenters. The van der Waals surface area contributed by atoms with Gasteiger partial charge >= 0.3 is 6.18 Å². The zero-order valence-corrected chi connectivity index (χ0v) is 12.4. The number of anilines is 1. The number of carbonyl (C=O) groups excluding carboxylic acids is 1. The molecule has 2 rings (SSSR count). The molecule has 0 radical (unpaired) electrons. The molecule has 2 aromatic rings. The van der Waals surface area contributed by atoms with Gasteiger partial charge in [0.1, 0.15) is 18.2 Å². The summed E-state index contributed by atoms with van der Waals surface area (Å²) in [5, 5.41) is 2.28. The molecule has 0 unspecified atom stereocenters. The molecule has 4 nitrogen and oxygen atoms in total. The highest BCUT2D eigenvalue weighted by Crippen LogP contribution is 2.29. The van der Waals surface area contributed by atoms with Crippen LogP contribution < -0.4 is 15.8 Å². The molecule has 0 aromatic heterocycles. The Hall–Kier alpha value is -2.61. The van der Waals surface area contributed by atoms with Crippen molar-refractivity contribution < 1.29 is 27.1 Å². The molecule has 0 fully saturated rings. The first kappa shape index (κ1) is 17.7. The summed E-state index contributed by atoms with van der Waals surface area (Å²) in [6, 6.07) is 8.28. The molecule has 8 heteroatoms. The third kappa shape index (κ3) is 4.69. The zero-order chi connectivity index (χ0) is 17.7. The van der Waals surface area contributed by atoms with Gasteiger partial charge in [0.15, 0.2) is 0 Å². The first-order valence-electron chi connectivity index (χ1n) is 6.88. The lowest BCUT2D eigenvalue weighted by molar-refractivity contribution is -0.137. The van der Waals surface area contributed by atoms with Crippen molar-refractivity contribution in [2.75, 3.05) is 11.9 Å². The van der Waals surface area contributed by atoms with Gasteiger partial charge in [0.05, 0.1) is 17.8 Å². The Kier molecular flexibility index (Phi) is 5.40. The Balaban J connectivity index is 1.99. The van der Waals surface area contributed by atoms with E-state index in [1.165, 1.54) is 24.3 Å². The van der Waals surface area contributed by atoms with Crippen molar-refractivity contribution in [1.82, 2.24) is 0 Å². The molecule has 0 saturated carbocycles. The molecule has 0 aliphatic rings. The third-order valence-corrected chi connectivity index (χ3v) is 3.09. The first-order chi connectivity index (χ1) is 11.3. The lowest BCUT2D eigenvalue weighted by atomic mass is 10.1. The Morgan fingerprint density at radius 3 is 2.33 bits per heavy atom. The van der Waals surface area contributed by atoms with Gasteiger partial charge in [0, 0.05) is 6.07 Å². The molecule has 2 aromatic carbocycles. The minimum atomic E-state index is -4.40. The number of rotatable bonds is 5. The van der Waals surface area contributed by atoms with E-state index in [1.54, 1.807) is 0 Å². The summed E-state index contributed by atoms with van der Waals surface area (Å²) >= 11 is 0. The lowest BCUT2D eigenvalue weighted by Crippen LogP contribution is -2.22. The number of hydrogen-bond acceptors (Lipinski definition) is 3. The van der Waals surface area contributed by atoms with E-state index in [2.05, 4.69) is 5.32 Å². The summed E-state index contributed by atoms with van der Waals surface area (Å²) < 4.78 is 56.5. The lowest BCUT2D eigenvalue weighted by Gasteiger charge is -2.10. The van der Waals surface area contributed by atoms with Crippen LogP contribution in [0.2, 0.25) is 0 Å². The van der Waals surface area contributed by atoms with Crippen LogP contribution in [0.1, 0.15) is 11.1 Å². The maximum atomic E-state index is 13.8. The summed E-state index contributed by atoms with van der Waals surface area (Å²) in [6.45, 7) is -0.294. The fourth-order valence-corrected chi connectivity index (χ4v) is 1.84. The number of amides is 1. The van der Waals surface area contributed by atoms with Gasteiger partial charge in [-0.2, -0.15) is 13.2 Å². The van der Waals surface area contributed by atoms with Crippen molar-refractivity contribution in [2.45, 2.75) is 12.8 Å². The molecular weight excluding hydrogens is 328 g/mol. The Morgan fingerprint density at radius 1 is 1.12 bits per heavy atom. The van der Waals surface area contributed by atoms with Crippen molar-refractivity contribution >= 4 is 11.6 Å². The van der Waals surface area contributed by atoms with Crippen LogP contribution in [0.15, 0.2) is 42.5 Å². The van der Waals surface area contributed by atoms with E-state index in [4.69, 9.17) is 10.5 Å². The number of alkyl halides is 3. The molecule has 128 valence electrons. The molecular formula is C16H14F4N2O2. The first-order valence-corrected chi connectivity index (χ1v) is 6.88. The topological polar surface area (TPSA) is 64.4 Å². The van der Waals surface area contributed by atoms with Crippen molar-refractivity contribution in [3.05, 3.63) is 59.4 Å². The second-order valence-electron chi connectivity index (χ2n) is 4.88. The molecule has 24 heavy (non-hydrogen) atoms. The van der Waals surface area contributed by atoms with Crippen LogP contribution in [-0.4, -0.2) is 12.5 Å². The van der Waals surface area contributed by atoms with E-state index in [-0.39, 0.29) is 24.6 Å². The fourth-order valence-electron chi connectivity index (χ4n) is 1.84. The number of benzene rings is 2. The van der Waals surface area contributed by atoms with E-state index in [0.717, 1.165) is 18.2 Å². The maximum absolute atomic E-state index is 13.8. The Labute approximate surface area is 135 Å².